The van der Waals surface area contributed by atoms with Gasteiger partial charge in [-0.3, -0.25) is 47.9 Å². The zero-order valence-electron chi connectivity index (χ0n) is 44.5. The first-order chi connectivity index (χ1) is 36.3. The number of aliphatic carboxylic acids is 4. The lowest BCUT2D eigenvalue weighted by molar-refractivity contribution is -0.192. The Morgan fingerprint density at radius 1 is 0.551 bits per heavy atom. The number of carbonyl (C=O) groups excluding carboxylic acids is 8. The Labute approximate surface area is 449 Å². The van der Waals surface area contributed by atoms with Crippen molar-refractivity contribution in [1.29, 1.82) is 0 Å². The minimum absolute atomic E-state index is 0.00349. The summed E-state index contributed by atoms with van der Waals surface area (Å²) in [5.74, 6) is -15.4. The molecule has 0 bridgehead atoms. The van der Waals surface area contributed by atoms with E-state index in [1.807, 2.05) is 0 Å². The van der Waals surface area contributed by atoms with Crippen LogP contribution in [0.3, 0.4) is 0 Å². The van der Waals surface area contributed by atoms with Crippen molar-refractivity contribution in [3.63, 3.8) is 0 Å². The molecule has 29 heteroatoms. The molecule has 0 saturated heterocycles. The van der Waals surface area contributed by atoms with E-state index in [-0.39, 0.29) is 38.1 Å². The molecule has 440 valence electrons. The van der Waals surface area contributed by atoms with Crippen LogP contribution in [0.15, 0.2) is 30.3 Å². The van der Waals surface area contributed by atoms with E-state index < -0.39 is 163 Å². The van der Waals surface area contributed by atoms with Gasteiger partial charge in [-0.2, -0.15) is 13.2 Å². The second kappa shape index (κ2) is 35.8. The monoisotopic (exact) mass is 1120 g/mol. The van der Waals surface area contributed by atoms with Gasteiger partial charge in [-0.25, -0.2) is 9.59 Å². The first-order valence-electron chi connectivity index (χ1n) is 25.2. The molecule has 0 aliphatic heterocycles. The number of primary amides is 1. The molecule has 0 aliphatic carbocycles. The number of nitrogens with one attached hydrogen (secondary N) is 7. The zero-order chi connectivity index (χ0) is 60.0. The fourth-order valence-corrected chi connectivity index (χ4v) is 7.13. The topological polar surface area (TPSA) is 448 Å². The average molecular weight is 1120 g/mol. The highest BCUT2D eigenvalue weighted by Crippen LogP contribution is 2.16. The molecule has 0 radical (unpaired) electrons. The molecule has 1 aromatic rings. The van der Waals surface area contributed by atoms with E-state index in [1.54, 1.807) is 71.9 Å². The Balaban J connectivity index is 0.00000788. The maximum absolute atomic E-state index is 14.2. The molecule has 0 fully saturated rings. The Bertz CT molecular complexity index is 2190. The molecule has 0 heterocycles. The van der Waals surface area contributed by atoms with Crippen LogP contribution in [0.4, 0.5) is 13.2 Å². The summed E-state index contributed by atoms with van der Waals surface area (Å²) in [6.07, 6.45) is -6.34. The molecule has 0 aromatic heterocycles. The van der Waals surface area contributed by atoms with Crippen molar-refractivity contribution in [2.75, 3.05) is 6.54 Å². The normalized spacial score (nSPS) is 15.0. The van der Waals surface area contributed by atoms with Crippen LogP contribution in [0, 0.1) is 17.8 Å². The van der Waals surface area contributed by atoms with E-state index in [1.165, 1.54) is 0 Å². The number of hydrogen-bond acceptors (Lipinski definition) is 14. The number of rotatable bonds is 35. The van der Waals surface area contributed by atoms with Crippen molar-refractivity contribution in [2.24, 2.45) is 35.0 Å². The van der Waals surface area contributed by atoms with Gasteiger partial charge in [0.05, 0.1) is 12.5 Å². The number of carbonyl (C=O) groups is 12. The van der Waals surface area contributed by atoms with Crippen LogP contribution in [-0.2, 0) is 64.0 Å². The van der Waals surface area contributed by atoms with Crippen LogP contribution in [0.1, 0.15) is 118 Å². The predicted octanol–water partition coefficient (Wildman–Crippen LogP) is -0.460. The summed E-state index contributed by atoms with van der Waals surface area (Å²) in [6.45, 7) is 10.5. The highest BCUT2D eigenvalue weighted by atomic mass is 19.4. The van der Waals surface area contributed by atoms with E-state index in [9.17, 15) is 76.1 Å². The van der Waals surface area contributed by atoms with Crippen molar-refractivity contribution >= 4 is 71.1 Å². The second-order valence-corrected chi connectivity index (χ2v) is 18.9. The zero-order valence-corrected chi connectivity index (χ0v) is 44.5. The lowest BCUT2D eigenvalue weighted by Crippen LogP contribution is -2.62. The molecule has 78 heavy (non-hydrogen) atoms. The summed E-state index contributed by atoms with van der Waals surface area (Å²) in [5, 5.41) is 53.0. The van der Waals surface area contributed by atoms with Crippen LogP contribution >= 0.6 is 0 Å². The van der Waals surface area contributed by atoms with Gasteiger partial charge in [0, 0.05) is 19.3 Å². The number of unbranched alkanes of at least 4 members (excludes halogenated alkanes) is 1. The molecule has 0 saturated carbocycles. The second-order valence-electron chi connectivity index (χ2n) is 18.9. The average Bonchev–Trinajstić information content (AvgIpc) is 3.35. The van der Waals surface area contributed by atoms with Gasteiger partial charge in [0.15, 0.2) is 0 Å². The first-order valence-corrected chi connectivity index (χ1v) is 25.2. The van der Waals surface area contributed by atoms with Crippen molar-refractivity contribution in [2.45, 2.75) is 173 Å². The Hall–Kier alpha value is -7.43. The van der Waals surface area contributed by atoms with Crippen molar-refractivity contribution in [1.82, 2.24) is 37.2 Å². The van der Waals surface area contributed by atoms with E-state index in [2.05, 4.69) is 37.2 Å². The number of halogens is 3. The van der Waals surface area contributed by atoms with Crippen LogP contribution in [0.25, 0.3) is 0 Å². The van der Waals surface area contributed by atoms with E-state index in [0.29, 0.717) is 31.2 Å². The van der Waals surface area contributed by atoms with E-state index >= 15 is 0 Å². The lowest BCUT2D eigenvalue weighted by Gasteiger charge is -2.30. The molecular formula is C49H77F3N10O16. The van der Waals surface area contributed by atoms with Gasteiger partial charge in [-0.1, -0.05) is 84.7 Å². The molecule has 1 rings (SSSR count). The summed E-state index contributed by atoms with van der Waals surface area (Å²) in [4.78, 5) is 153. The highest BCUT2D eigenvalue weighted by Gasteiger charge is 2.39. The van der Waals surface area contributed by atoms with E-state index in [0.717, 1.165) is 0 Å². The van der Waals surface area contributed by atoms with Crippen LogP contribution < -0.4 is 54.4 Å². The third-order valence-electron chi connectivity index (χ3n) is 12.0. The number of nitrogens with two attached hydrogens (primary N) is 3. The summed E-state index contributed by atoms with van der Waals surface area (Å²) in [7, 11) is 0. The molecule has 1 aromatic carbocycles. The maximum Gasteiger partial charge on any atom is 0.490 e. The lowest BCUT2D eigenvalue weighted by atomic mass is 9.94. The SMILES string of the molecule is CC[C@H](C)C(NC(=O)C(NC(=O)[C@@H](N)CCC(=O)O)[C@@H](C)CC)C(=O)N[C@@H](CC(N)=O)C(=O)N[C@@H](Cc1ccccc1)C(=O)N[C@@H](CCC(=O)O)C(=O)N[C@@H](CCCCN)C(=O)N[C@@H](CC(C)C)C(=O)O.O=C(O)C(F)(F)F. The quantitative estimate of drug-likeness (QED) is 0.0382. The first kappa shape index (κ1) is 70.6. The molecule has 8 amide bonds. The minimum Gasteiger partial charge on any atom is -0.481 e. The minimum atomic E-state index is -5.08. The number of carboxylic acid groups (broad SMARTS) is 4. The summed E-state index contributed by atoms with van der Waals surface area (Å²) in [6, 6.07) is -3.23. The van der Waals surface area contributed by atoms with Gasteiger partial charge in [0.2, 0.25) is 47.3 Å². The fraction of sp³-hybridized carbons (Fsp3) is 0.633. The van der Waals surface area contributed by atoms with Crippen LogP contribution in [0.5, 0.6) is 0 Å². The fourth-order valence-electron chi connectivity index (χ4n) is 7.13. The molecule has 0 aliphatic rings. The van der Waals surface area contributed by atoms with Gasteiger partial charge < -0.3 is 74.8 Å². The molecule has 10 atom stereocenters. The smallest absolute Gasteiger partial charge is 0.481 e. The van der Waals surface area contributed by atoms with Gasteiger partial charge in [-0.15, -0.1) is 0 Å². The van der Waals surface area contributed by atoms with Crippen LogP contribution in [-0.4, -0.2) is 153 Å². The maximum atomic E-state index is 14.2. The Kier molecular flexibility index (Phi) is 32.4. The summed E-state index contributed by atoms with van der Waals surface area (Å²) < 4.78 is 31.7. The van der Waals surface area contributed by atoms with Gasteiger partial charge in [0.25, 0.3) is 0 Å². The van der Waals surface area contributed by atoms with Crippen LogP contribution in [0.2, 0.25) is 0 Å². The van der Waals surface area contributed by atoms with Crippen molar-refractivity contribution in [3.8, 4) is 0 Å². The molecule has 0 spiro atoms. The number of alkyl halides is 3. The molecule has 26 nitrogen and oxygen atoms in total. The Morgan fingerprint density at radius 3 is 1.40 bits per heavy atom. The molecular weight excluding hydrogens is 1040 g/mol. The van der Waals surface area contributed by atoms with Gasteiger partial charge in [-0.05, 0) is 68.4 Å². The molecule has 17 N–H and O–H groups in total. The number of amides is 8. The number of carboxylic acids is 4. The third-order valence-corrected chi connectivity index (χ3v) is 12.0. The Morgan fingerprint density at radius 2 is 0.962 bits per heavy atom. The van der Waals surface area contributed by atoms with Crippen molar-refractivity contribution in [3.05, 3.63) is 35.9 Å². The highest BCUT2D eigenvalue weighted by molar-refractivity contribution is 5.99. The van der Waals surface area contributed by atoms with Gasteiger partial charge in [0.1, 0.15) is 42.3 Å². The predicted molar refractivity (Wildman–Crippen MR) is 272 cm³/mol. The largest absolute Gasteiger partial charge is 0.490 e. The number of hydrogen-bond donors (Lipinski definition) is 14. The standard InChI is InChI=1S/C47H76N10O14.C2HF3O2/c1-7-26(5)38(57-46(69)39(27(6)8-2)56-40(63)29(49)17-19-36(59)60)45(68)54-33(24-35(50)58)44(67)53-32(23-28-14-10-9-11-15-28)43(66)52-31(18-20-37(61)62)42(65)51-30(16-12-13-21-48)41(64)55-34(47(70)71)22-25(3)4;3-2(4,5)1(6)7/h9-11,14-15,25-27,29-34,38-39H,7-8,12-13,16-24,48-49H2,1-6H3,(H2,50,58)(H,51,65)(H,52,66)(H,53,67)(H,54,68)(H,55,64)(H,56,63)(H,57,69)(H,59,60)(H,61,62)(H,70,71);(H,6,7)/t26-,27-,29-,30-,31-,32-,33-,34-,38?,39?;/m0./s1. The summed E-state index contributed by atoms with van der Waals surface area (Å²) >= 11 is 0. The number of benzene rings is 1. The third kappa shape index (κ3) is 28.1. The summed E-state index contributed by atoms with van der Waals surface area (Å²) in [5.41, 5.74) is 17.5. The van der Waals surface area contributed by atoms with Gasteiger partial charge >= 0.3 is 30.1 Å². The van der Waals surface area contributed by atoms with E-state index in [4.69, 9.17) is 32.2 Å². The van der Waals surface area contributed by atoms with Crippen molar-refractivity contribution < 1.29 is 91.1 Å². The molecule has 2 unspecified atom stereocenters.